The second-order valence-electron chi connectivity index (χ2n) is 5.24. The molecule has 3 heterocycles. The third kappa shape index (κ3) is 2.80. The van der Waals surface area contributed by atoms with Gasteiger partial charge in [0.15, 0.2) is 0 Å². The summed E-state index contributed by atoms with van der Waals surface area (Å²) in [5, 5.41) is 5.88. The van der Waals surface area contributed by atoms with Crippen LogP contribution in [-0.2, 0) is 11.3 Å². The van der Waals surface area contributed by atoms with Gasteiger partial charge in [0.25, 0.3) is 0 Å². The van der Waals surface area contributed by atoms with Gasteiger partial charge in [-0.05, 0) is 31.8 Å². The van der Waals surface area contributed by atoms with E-state index in [0.29, 0.717) is 11.6 Å². The van der Waals surface area contributed by atoms with E-state index in [-0.39, 0.29) is 5.97 Å². The van der Waals surface area contributed by atoms with Gasteiger partial charge < -0.3 is 10.1 Å². The van der Waals surface area contributed by atoms with Crippen molar-refractivity contribution in [2.24, 2.45) is 11.8 Å². The first-order valence-corrected chi connectivity index (χ1v) is 7.69. The third-order valence-corrected chi connectivity index (χ3v) is 4.72. The zero-order chi connectivity index (χ0) is 13.2. The van der Waals surface area contributed by atoms with E-state index in [0.717, 1.165) is 50.3 Å². The standard InChI is InChI=1S/C13H19N3O2S/c1-2-18-13(17)12-15-11(8-19-12)7-16-5-9-3-14-4-10(9)6-16/h8-10,14H,2-7H2,1H3/t9-,10+. The van der Waals surface area contributed by atoms with Crippen LogP contribution >= 0.6 is 11.3 Å². The van der Waals surface area contributed by atoms with Crippen molar-refractivity contribution in [2.75, 3.05) is 32.8 Å². The molecule has 6 heteroatoms. The van der Waals surface area contributed by atoms with Crippen LogP contribution in [-0.4, -0.2) is 48.6 Å². The number of fused-ring (bicyclic) bond motifs is 1. The van der Waals surface area contributed by atoms with Crippen molar-refractivity contribution in [3.8, 4) is 0 Å². The van der Waals surface area contributed by atoms with Crippen LogP contribution in [0.4, 0.5) is 0 Å². The number of ether oxygens (including phenoxy) is 1. The number of nitrogens with one attached hydrogen (secondary N) is 1. The van der Waals surface area contributed by atoms with Crippen LogP contribution < -0.4 is 5.32 Å². The second kappa shape index (κ2) is 5.56. The van der Waals surface area contributed by atoms with Gasteiger partial charge in [0.05, 0.1) is 12.3 Å². The Hall–Kier alpha value is -0.980. The monoisotopic (exact) mass is 281 g/mol. The fourth-order valence-corrected chi connectivity index (χ4v) is 3.68. The number of rotatable bonds is 4. The molecule has 2 atom stereocenters. The number of hydrogen-bond acceptors (Lipinski definition) is 6. The van der Waals surface area contributed by atoms with E-state index in [9.17, 15) is 4.79 Å². The molecule has 0 aromatic carbocycles. The third-order valence-electron chi connectivity index (χ3n) is 3.85. The van der Waals surface area contributed by atoms with Gasteiger partial charge in [0, 0.05) is 25.0 Å². The lowest BCUT2D eigenvalue weighted by atomic mass is 10.0. The largest absolute Gasteiger partial charge is 0.461 e. The topological polar surface area (TPSA) is 54.5 Å². The Morgan fingerprint density at radius 1 is 1.53 bits per heavy atom. The Labute approximate surface area is 117 Å². The minimum absolute atomic E-state index is 0.304. The lowest BCUT2D eigenvalue weighted by molar-refractivity contribution is 0.0525. The molecule has 3 rings (SSSR count). The molecule has 0 aliphatic carbocycles. The number of aromatic nitrogens is 1. The zero-order valence-corrected chi connectivity index (χ0v) is 11.9. The Balaban J connectivity index is 1.57. The van der Waals surface area contributed by atoms with Gasteiger partial charge in [-0.3, -0.25) is 4.90 Å². The molecule has 2 saturated heterocycles. The Morgan fingerprint density at radius 2 is 2.26 bits per heavy atom. The predicted molar refractivity (Wildman–Crippen MR) is 73.2 cm³/mol. The van der Waals surface area contributed by atoms with Crippen molar-refractivity contribution in [1.29, 1.82) is 0 Å². The van der Waals surface area contributed by atoms with E-state index >= 15 is 0 Å². The fraction of sp³-hybridized carbons (Fsp3) is 0.692. The SMILES string of the molecule is CCOC(=O)c1nc(CN2C[C@H]3CNC[C@H]3C2)cs1. The number of thiazole rings is 1. The molecule has 1 aromatic heterocycles. The average molecular weight is 281 g/mol. The number of carbonyl (C=O) groups excluding carboxylic acids is 1. The van der Waals surface area contributed by atoms with Gasteiger partial charge in [-0.2, -0.15) is 0 Å². The van der Waals surface area contributed by atoms with E-state index < -0.39 is 0 Å². The molecule has 19 heavy (non-hydrogen) atoms. The summed E-state index contributed by atoms with van der Waals surface area (Å²) in [6, 6.07) is 0. The van der Waals surface area contributed by atoms with Crippen LogP contribution in [0.5, 0.6) is 0 Å². The van der Waals surface area contributed by atoms with Crippen molar-refractivity contribution >= 4 is 17.3 Å². The summed E-state index contributed by atoms with van der Waals surface area (Å²) in [4.78, 5) is 18.4. The fourth-order valence-electron chi connectivity index (χ4n) is 2.98. The highest BCUT2D eigenvalue weighted by atomic mass is 32.1. The van der Waals surface area contributed by atoms with Crippen molar-refractivity contribution in [3.05, 3.63) is 16.1 Å². The van der Waals surface area contributed by atoms with Gasteiger partial charge in [0.1, 0.15) is 0 Å². The maximum atomic E-state index is 11.6. The minimum Gasteiger partial charge on any atom is -0.461 e. The van der Waals surface area contributed by atoms with Gasteiger partial charge in [-0.15, -0.1) is 11.3 Å². The van der Waals surface area contributed by atoms with Crippen molar-refractivity contribution < 1.29 is 9.53 Å². The number of nitrogens with zero attached hydrogens (tertiary/aromatic N) is 2. The summed E-state index contributed by atoms with van der Waals surface area (Å²) in [7, 11) is 0. The van der Waals surface area contributed by atoms with Crippen LogP contribution in [0.15, 0.2) is 5.38 Å². The lowest BCUT2D eigenvalue weighted by Gasteiger charge is -2.14. The van der Waals surface area contributed by atoms with E-state index in [1.165, 1.54) is 11.3 Å². The summed E-state index contributed by atoms with van der Waals surface area (Å²) in [5.41, 5.74) is 0.987. The quantitative estimate of drug-likeness (QED) is 0.834. The first kappa shape index (κ1) is 13.0. The maximum absolute atomic E-state index is 11.6. The molecule has 0 amide bonds. The number of carbonyl (C=O) groups is 1. The first-order chi connectivity index (χ1) is 9.26. The molecular formula is C13H19N3O2S. The normalized spacial score (nSPS) is 26.6. The molecule has 1 aromatic rings. The van der Waals surface area contributed by atoms with Gasteiger partial charge in [-0.1, -0.05) is 0 Å². The summed E-state index contributed by atoms with van der Waals surface area (Å²) >= 11 is 1.38. The first-order valence-electron chi connectivity index (χ1n) is 6.81. The molecule has 0 spiro atoms. The number of esters is 1. The molecule has 0 saturated carbocycles. The van der Waals surface area contributed by atoms with Crippen LogP contribution in [0, 0.1) is 11.8 Å². The van der Waals surface area contributed by atoms with E-state index in [1.54, 1.807) is 0 Å². The van der Waals surface area contributed by atoms with Crippen LogP contribution in [0.3, 0.4) is 0 Å². The van der Waals surface area contributed by atoms with Crippen LogP contribution in [0.2, 0.25) is 0 Å². The summed E-state index contributed by atoms with van der Waals surface area (Å²) in [6.45, 7) is 7.63. The van der Waals surface area contributed by atoms with Gasteiger partial charge >= 0.3 is 5.97 Å². The molecule has 0 bridgehead atoms. The molecule has 2 aliphatic heterocycles. The highest BCUT2D eigenvalue weighted by molar-refractivity contribution is 7.11. The minimum atomic E-state index is -0.304. The smallest absolute Gasteiger partial charge is 0.367 e. The molecule has 2 aliphatic rings. The average Bonchev–Trinajstić information content (AvgIpc) is 3.04. The van der Waals surface area contributed by atoms with Crippen LogP contribution in [0.1, 0.15) is 22.4 Å². The zero-order valence-electron chi connectivity index (χ0n) is 11.1. The van der Waals surface area contributed by atoms with E-state index in [1.807, 2.05) is 12.3 Å². The molecule has 0 radical (unpaired) electrons. The molecule has 0 unspecified atom stereocenters. The predicted octanol–water partition coefficient (Wildman–Crippen LogP) is 0.971. The van der Waals surface area contributed by atoms with E-state index in [2.05, 4.69) is 15.2 Å². The maximum Gasteiger partial charge on any atom is 0.367 e. The molecule has 2 fully saturated rings. The molecular weight excluding hydrogens is 262 g/mol. The van der Waals surface area contributed by atoms with Gasteiger partial charge in [-0.25, -0.2) is 9.78 Å². The second-order valence-corrected chi connectivity index (χ2v) is 6.10. The summed E-state index contributed by atoms with van der Waals surface area (Å²) < 4.78 is 4.96. The van der Waals surface area contributed by atoms with Crippen molar-refractivity contribution in [3.63, 3.8) is 0 Å². The number of likely N-dealkylation sites (tertiary alicyclic amines) is 1. The molecule has 104 valence electrons. The summed E-state index contributed by atoms with van der Waals surface area (Å²) in [6.07, 6.45) is 0. The van der Waals surface area contributed by atoms with Crippen molar-refractivity contribution in [2.45, 2.75) is 13.5 Å². The molecule has 1 N–H and O–H groups in total. The Kier molecular flexibility index (Phi) is 3.81. The van der Waals surface area contributed by atoms with Crippen LogP contribution in [0.25, 0.3) is 0 Å². The van der Waals surface area contributed by atoms with Crippen molar-refractivity contribution in [1.82, 2.24) is 15.2 Å². The highest BCUT2D eigenvalue weighted by Gasteiger charge is 2.36. The molecule has 5 nitrogen and oxygen atoms in total. The Morgan fingerprint density at radius 3 is 2.95 bits per heavy atom. The summed E-state index contributed by atoms with van der Waals surface area (Å²) in [5.74, 6) is 1.28. The highest BCUT2D eigenvalue weighted by Crippen LogP contribution is 2.27. The van der Waals surface area contributed by atoms with Gasteiger partial charge in [0.2, 0.25) is 5.01 Å². The number of hydrogen-bond donors (Lipinski definition) is 1. The van der Waals surface area contributed by atoms with E-state index in [4.69, 9.17) is 4.74 Å². The lowest BCUT2D eigenvalue weighted by Crippen LogP contribution is -2.25. The Bertz CT molecular complexity index is 450.